The van der Waals surface area contributed by atoms with Crippen molar-refractivity contribution >= 4 is 15.9 Å². The van der Waals surface area contributed by atoms with Crippen molar-refractivity contribution in [1.29, 1.82) is 0 Å². The van der Waals surface area contributed by atoms with E-state index in [4.69, 9.17) is 15.2 Å². The van der Waals surface area contributed by atoms with Crippen LogP contribution in [-0.2, 0) is 14.8 Å². The number of sulfonamides is 1. The molecule has 1 heterocycles. The molecular formula is C13H18N2O5S. The van der Waals surface area contributed by atoms with E-state index in [9.17, 15) is 13.2 Å². The van der Waals surface area contributed by atoms with Gasteiger partial charge >= 0.3 is 0 Å². The minimum Gasteiger partial charge on any atom is -0.496 e. The third kappa shape index (κ3) is 3.02. The van der Waals surface area contributed by atoms with Crippen molar-refractivity contribution in [2.24, 2.45) is 5.73 Å². The molecule has 7 nitrogen and oxygen atoms in total. The van der Waals surface area contributed by atoms with Gasteiger partial charge < -0.3 is 15.2 Å². The summed E-state index contributed by atoms with van der Waals surface area (Å²) in [5.41, 5.74) is 5.30. The first-order valence-corrected chi connectivity index (χ1v) is 7.89. The second-order valence-electron chi connectivity index (χ2n) is 4.77. The van der Waals surface area contributed by atoms with Crippen LogP contribution in [0.5, 0.6) is 5.75 Å². The summed E-state index contributed by atoms with van der Waals surface area (Å²) in [6, 6.07) is 3.82. The normalized spacial score (nSPS) is 20.2. The largest absolute Gasteiger partial charge is 0.496 e. The van der Waals surface area contributed by atoms with Gasteiger partial charge in [-0.1, -0.05) is 0 Å². The Bertz CT molecular complexity index is 644. The average Bonchev–Trinajstić information content (AvgIpc) is 2.46. The van der Waals surface area contributed by atoms with Crippen LogP contribution in [0.25, 0.3) is 0 Å². The Morgan fingerprint density at radius 2 is 2.19 bits per heavy atom. The van der Waals surface area contributed by atoms with Gasteiger partial charge in [-0.05, 0) is 25.1 Å². The second kappa shape index (κ2) is 6.00. The molecule has 0 aliphatic carbocycles. The third-order valence-electron chi connectivity index (χ3n) is 3.35. The Balaban J connectivity index is 2.45. The molecule has 1 fully saturated rings. The van der Waals surface area contributed by atoms with Gasteiger partial charge in [-0.2, -0.15) is 4.31 Å². The van der Waals surface area contributed by atoms with Crippen molar-refractivity contribution in [3.63, 3.8) is 0 Å². The summed E-state index contributed by atoms with van der Waals surface area (Å²) in [5.74, 6) is -0.490. The number of nitrogens with two attached hydrogens (primary N) is 1. The smallest absolute Gasteiger partial charge is 0.252 e. The molecule has 0 unspecified atom stereocenters. The second-order valence-corrected chi connectivity index (χ2v) is 6.66. The number of methoxy groups -OCH3 is 1. The van der Waals surface area contributed by atoms with Gasteiger partial charge in [0.15, 0.2) is 0 Å². The lowest BCUT2D eigenvalue weighted by atomic mass is 10.2. The van der Waals surface area contributed by atoms with Crippen LogP contribution in [0.4, 0.5) is 0 Å². The summed E-state index contributed by atoms with van der Waals surface area (Å²) < 4.78 is 36.9. The van der Waals surface area contributed by atoms with Gasteiger partial charge in [-0.3, -0.25) is 4.79 Å². The standard InChI is InChI=1S/C13H18N2O5S/c1-9-8-20-6-5-15(9)21(17,18)10-3-4-12(19-2)11(7-10)13(14)16/h3-4,7,9H,5-6,8H2,1-2H3,(H2,14,16)/t9-/m0/s1. The maximum absolute atomic E-state index is 12.6. The van der Waals surface area contributed by atoms with Crippen molar-refractivity contribution < 1.29 is 22.7 Å². The quantitative estimate of drug-likeness (QED) is 0.856. The molecule has 1 aromatic rings. The molecule has 1 saturated heterocycles. The Labute approximate surface area is 123 Å². The van der Waals surface area contributed by atoms with Crippen molar-refractivity contribution in [3.8, 4) is 5.75 Å². The predicted octanol–water partition coefficient (Wildman–Crippen LogP) is 0.204. The van der Waals surface area contributed by atoms with E-state index in [-0.39, 0.29) is 28.8 Å². The van der Waals surface area contributed by atoms with E-state index in [1.165, 1.54) is 29.6 Å². The van der Waals surface area contributed by atoms with E-state index in [0.717, 1.165) is 0 Å². The van der Waals surface area contributed by atoms with E-state index in [0.29, 0.717) is 13.2 Å². The Kier molecular flexibility index (Phi) is 4.50. The highest BCUT2D eigenvalue weighted by atomic mass is 32.2. The third-order valence-corrected chi connectivity index (χ3v) is 5.36. The number of benzene rings is 1. The number of carbonyl (C=O) groups is 1. The highest BCUT2D eigenvalue weighted by Crippen LogP contribution is 2.26. The van der Waals surface area contributed by atoms with Crippen LogP contribution in [0.1, 0.15) is 17.3 Å². The number of hydrogen-bond donors (Lipinski definition) is 1. The number of ether oxygens (including phenoxy) is 2. The topological polar surface area (TPSA) is 98.9 Å². The molecule has 8 heteroatoms. The number of rotatable bonds is 4. The van der Waals surface area contributed by atoms with Gasteiger partial charge in [0, 0.05) is 12.6 Å². The molecule has 2 rings (SSSR count). The summed E-state index contributed by atoms with van der Waals surface area (Å²) in [7, 11) is -2.31. The Hall–Kier alpha value is -1.64. The van der Waals surface area contributed by atoms with E-state index in [1.807, 2.05) is 0 Å². The number of amides is 1. The van der Waals surface area contributed by atoms with Gasteiger partial charge in [0.25, 0.3) is 5.91 Å². The molecule has 116 valence electrons. The maximum Gasteiger partial charge on any atom is 0.252 e. The Morgan fingerprint density at radius 3 is 2.76 bits per heavy atom. The fourth-order valence-electron chi connectivity index (χ4n) is 2.24. The van der Waals surface area contributed by atoms with E-state index >= 15 is 0 Å². The van der Waals surface area contributed by atoms with E-state index in [1.54, 1.807) is 6.92 Å². The summed E-state index contributed by atoms with van der Waals surface area (Å²) in [4.78, 5) is 11.4. The fraction of sp³-hybridized carbons (Fsp3) is 0.462. The van der Waals surface area contributed by atoms with Crippen LogP contribution in [0, 0.1) is 0 Å². The summed E-state index contributed by atoms with van der Waals surface area (Å²) in [6.07, 6.45) is 0. The van der Waals surface area contributed by atoms with Crippen LogP contribution >= 0.6 is 0 Å². The average molecular weight is 314 g/mol. The van der Waals surface area contributed by atoms with Crippen LogP contribution in [0.15, 0.2) is 23.1 Å². The van der Waals surface area contributed by atoms with E-state index < -0.39 is 15.9 Å². The molecule has 2 N–H and O–H groups in total. The number of nitrogens with zero attached hydrogens (tertiary/aromatic N) is 1. The van der Waals surface area contributed by atoms with Crippen molar-refractivity contribution in [1.82, 2.24) is 4.31 Å². The number of carbonyl (C=O) groups excluding carboxylic acids is 1. The minimum atomic E-state index is -3.70. The van der Waals surface area contributed by atoms with Crippen molar-refractivity contribution in [2.75, 3.05) is 26.9 Å². The minimum absolute atomic E-state index is 0.0193. The first kappa shape index (κ1) is 15.7. The predicted molar refractivity (Wildman–Crippen MR) is 75.7 cm³/mol. The van der Waals surface area contributed by atoms with Crippen LogP contribution in [-0.4, -0.2) is 51.5 Å². The lowest BCUT2D eigenvalue weighted by Crippen LogP contribution is -2.46. The van der Waals surface area contributed by atoms with Gasteiger partial charge in [-0.25, -0.2) is 8.42 Å². The lowest BCUT2D eigenvalue weighted by Gasteiger charge is -2.32. The summed E-state index contributed by atoms with van der Waals surface area (Å²) >= 11 is 0. The zero-order chi connectivity index (χ0) is 15.6. The monoisotopic (exact) mass is 314 g/mol. The molecule has 1 aliphatic rings. The van der Waals surface area contributed by atoms with Crippen LogP contribution in [0.3, 0.4) is 0 Å². The zero-order valence-electron chi connectivity index (χ0n) is 11.9. The molecule has 21 heavy (non-hydrogen) atoms. The molecule has 1 aliphatic heterocycles. The zero-order valence-corrected chi connectivity index (χ0v) is 12.7. The molecule has 0 spiro atoms. The highest BCUT2D eigenvalue weighted by molar-refractivity contribution is 7.89. The van der Waals surface area contributed by atoms with Crippen molar-refractivity contribution in [3.05, 3.63) is 23.8 Å². The number of primary amides is 1. The SMILES string of the molecule is COc1ccc(S(=O)(=O)N2CCOC[C@@H]2C)cc1C(N)=O. The number of morpholine rings is 1. The Morgan fingerprint density at radius 1 is 1.48 bits per heavy atom. The van der Waals surface area contributed by atoms with Gasteiger partial charge in [0.2, 0.25) is 10.0 Å². The molecule has 1 atom stereocenters. The first-order chi connectivity index (χ1) is 9.87. The molecule has 1 aromatic carbocycles. The van der Waals surface area contributed by atoms with Gasteiger partial charge in [0.1, 0.15) is 5.75 Å². The lowest BCUT2D eigenvalue weighted by molar-refractivity contribution is 0.0392. The molecule has 0 radical (unpaired) electrons. The molecule has 0 saturated carbocycles. The van der Waals surface area contributed by atoms with Crippen LogP contribution < -0.4 is 10.5 Å². The highest BCUT2D eigenvalue weighted by Gasteiger charge is 2.32. The summed E-state index contributed by atoms with van der Waals surface area (Å²) in [6.45, 7) is 2.75. The van der Waals surface area contributed by atoms with E-state index in [2.05, 4.69) is 0 Å². The van der Waals surface area contributed by atoms with Gasteiger partial charge in [0.05, 0.1) is 30.8 Å². The number of hydrogen-bond acceptors (Lipinski definition) is 5. The van der Waals surface area contributed by atoms with Crippen LogP contribution in [0.2, 0.25) is 0 Å². The fourth-order valence-corrected chi connectivity index (χ4v) is 3.87. The molecule has 0 aromatic heterocycles. The molecule has 0 bridgehead atoms. The van der Waals surface area contributed by atoms with Crippen molar-refractivity contribution in [2.45, 2.75) is 17.9 Å². The summed E-state index contributed by atoms with van der Waals surface area (Å²) in [5, 5.41) is 0. The van der Waals surface area contributed by atoms with Gasteiger partial charge in [-0.15, -0.1) is 0 Å². The first-order valence-electron chi connectivity index (χ1n) is 6.45. The molecule has 1 amide bonds. The maximum atomic E-state index is 12.6. The molecular weight excluding hydrogens is 296 g/mol.